The number of hydrogen-bond donors (Lipinski definition) is 2. The average molecular weight is 346 g/mol. The number of carbonyl (C=O) groups is 2. The van der Waals surface area contributed by atoms with Gasteiger partial charge in [-0.15, -0.1) is 11.3 Å². The Kier molecular flexibility index (Phi) is 4.21. The van der Waals surface area contributed by atoms with Gasteiger partial charge in [0.25, 0.3) is 11.8 Å². The van der Waals surface area contributed by atoms with Crippen molar-refractivity contribution in [1.82, 2.24) is 9.78 Å². The van der Waals surface area contributed by atoms with Crippen LogP contribution in [0.15, 0.2) is 0 Å². The van der Waals surface area contributed by atoms with E-state index in [2.05, 4.69) is 17.3 Å². The van der Waals surface area contributed by atoms with E-state index in [1.807, 2.05) is 6.92 Å². The number of carbonyl (C=O) groups excluding carboxylic acids is 2. The van der Waals surface area contributed by atoms with E-state index in [0.29, 0.717) is 27.7 Å². The molecule has 0 spiro atoms. The number of amides is 2. The Morgan fingerprint density at radius 1 is 1.33 bits per heavy atom. The minimum Gasteiger partial charge on any atom is -0.365 e. The zero-order valence-corrected chi connectivity index (χ0v) is 15.2. The highest BCUT2D eigenvalue weighted by atomic mass is 32.1. The zero-order valence-electron chi connectivity index (χ0n) is 14.4. The van der Waals surface area contributed by atoms with Gasteiger partial charge in [-0.05, 0) is 44.6 Å². The van der Waals surface area contributed by atoms with Gasteiger partial charge in [-0.2, -0.15) is 5.10 Å². The molecule has 7 heteroatoms. The summed E-state index contributed by atoms with van der Waals surface area (Å²) in [7, 11) is 1.80. The smallest absolute Gasteiger partial charge is 0.260 e. The molecule has 1 aliphatic rings. The van der Waals surface area contributed by atoms with Crippen LogP contribution >= 0.6 is 11.3 Å². The molecule has 0 radical (unpaired) electrons. The number of nitrogens with two attached hydrogens (primary N) is 1. The number of nitrogens with one attached hydrogen (secondary N) is 1. The van der Waals surface area contributed by atoms with Crippen LogP contribution in [0.25, 0.3) is 0 Å². The molecule has 0 saturated heterocycles. The molecule has 0 saturated carbocycles. The van der Waals surface area contributed by atoms with Crippen molar-refractivity contribution in [2.75, 3.05) is 5.32 Å². The van der Waals surface area contributed by atoms with Crippen molar-refractivity contribution in [3.63, 3.8) is 0 Å². The number of anilines is 1. The lowest BCUT2D eigenvalue weighted by atomic mass is 9.88. The van der Waals surface area contributed by atoms with Gasteiger partial charge in [0.15, 0.2) is 0 Å². The lowest BCUT2D eigenvalue weighted by molar-refractivity contribution is 0.1000. The maximum Gasteiger partial charge on any atom is 0.260 e. The first kappa shape index (κ1) is 16.7. The second kappa shape index (κ2) is 6.05. The van der Waals surface area contributed by atoms with E-state index in [4.69, 9.17) is 5.73 Å². The number of aromatic nitrogens is 2. The molecule has 0 fully saturated rings. The van der Waals surface area contributed by atoms with Crippen LogP contribution in [0.3, 0.4) is 0 Å². The van der Waals surface area contributed by atoms with Crippen LogP contribution in [0.2, 0.25) is 0 Å². The van der Waals surface area contributed by atoms with Gasteiger partial charge in [0.2, 0.25) is 0 Å². The van der Waals surface area contributed by atoms with Crippen LogP contribution in [0, 0.1) is 19.8 Å². The van der Waals surface area contributed by atoms with Crippen molar-refractivity contribution in [1.29, 1.82) is 0 Å². The molecule has 0 bridgehead atoms. The molecule has 128 valence electrons. The van der Waals surface area contributed by atoms with Crippen molar-refractivity contribution in [3.8, 4) is 0 Å². The lowest BCUT2D eigenvalue weighted by Crippen LogP contribution is -2.20. The molecule has 2 aromatic heterocycles. The highest BCUT2D eigenvalue weighted by Gasteiger charge is 2.28. The van der Waals surface area contributed by atoms with Crippen molar-refractivity contribution in [3.05, 3.63) is 33.0 Å². The Morgan fingerprint density at radius 3 is 2.62 bits per heavy atom. The van der Waals surface area contributed by atoms with Gasteiger partial charge in [0, 0.05) is 17.6 Å². The molecular formula is C17H22N4O2S. The summed E-state index contributed by atoms with van der Waals surface area (Å²) in [5.41, 5.74) is 9.10. The summed E-state index contributed by atoms with van der Waals surface area (Å²) >= 11 is 1.48. The number of primary amides is 1. The Labute approximate surface area is 145 Å². The summed E-state index contributed by atoms with van der Waals surface area (Å²) in [6.45, 7) is 5.86. The Bertz CT molecular complexity index is 834. The van der Waals surface area contributed by atoms with Gasteiger partial charge in [-0.3, -0.25) is 14.3 Å². The topological polar surface area (TPSA) is 90.0 Å². The Hall–Kier alpha value is -2.15. The fraction of sp³-hybridized carbons (Fsp3) is 0.471. The maximum atomic E-state index is 12.7. The van der Waals surface area contributed by atoms with Crippen molar-refractivity contribution >= 4 is 28.2 Å². The SMILES string of the molecule is Cc1nn(C)c(C)c1C(=O)Nc1sc2c(c1C(N)=O)CC[C@@H](C)C2. The second-order valence-electron chi connectivity index (χ2n) is 6.54. The minimum absolute atomic E-state index is 0.243. The first-order chi connectivity index (χ1) is 11.3. The van der Waals surface area contributed by atoms with Gasteiger partial charge < -0.3 is 11.1 Å². The van der Waals surface area contributed by atoms with Crippen LogP contribution < -0.4 is 11.1 Å². The standard InChI is InChI=1S/C17H22N4O2S/c1-8-5-6-11-12(7-8)24-17(14(11)15(18)22)19-16(23)13-9(2)20-21(4)10(13)3/h8H,5-7H2,1-4H3,(H2,18,22)(H,19,23)/t8-/m1/s1. The van der Waals surface area contributed by atoms with Crippen molar-refractivity contribution < 1.29 is 9.59 Å². The molecule has 6 nitrogen and oxygen atoms in total. The third kappa shape index (κ3) is 2.73. The van der Waals surface area contributed by atoms with Crippen LogP contribution in [-0.2, 0) is 19.9 Å². The number of hydrogen-bond acceptors (Lipinski definition) is 4. The number of aryl methyl sites for hydroxylation is 2. The predicted octanol–water partition coefficient (Wildman–Crippen LogP) is 2.57. The predicted molar refractivity (Wildman–Crippen MR) is 94.7 cm³/mol. The van der Waals surface area contributed by atoms with Gasteiger partial charge in [0.05, 0.1) is 16.8 Å². The summed E-state index contributed by atoms with van der Waals surface area (Å²) in [4.78, 5) is 25.8. The van der Waals surface area contributed by atoms with Crippen molar-refractivity contribution in [2.45, 2.75) is 40.0 Å². The Morgan fingerprint density at radius 2 is 2.04 bits per heavy atom. The summed E-state index contributed by atoms with van der Waals surface area (Å²) in [5.74, 6) is -0.132. The van der Waals surface area contributed by atoms with Crippen LogP contribution in [-0.4, -0.2) is 21.6 Å². The molecule has 0 aromatic carbocycles. The molecule has 1 atom stereocenters. The van der Waals surface area contributed by atoms with E-state index in [-0.39, 0.29) is 5.91 Å². The summed E-state index contributed by atoms with van der Waals surface area (Å²) in [5, 5.41) is 7.74. The van der Waals surface area contributed by atoms with E-state index in [1.165, 1.54) is 11.3 Å². The van der Waals surface area contributed by atoms with Gasteiger partial charge >= 0.3 is 0 Å². The molecule has 1 aliphatic carbocycles. The van der Waals surface area contributed by atoms with E-state index in [9.17, 15) is 9.59 Å². The molecule has 3 rings (SSSR count). The maximum absolute atomic E-state index is 12.7. The monoisotopic (exact) mass is 346 g/mol. The molecule has 24 heavy (non-hydrogen) atoms. The largest absolute Gasteiger partial charge is 0.365 e. The number of thiophene rings is 1. The summed E-state index contributed by atoms with van der Waals surface area (Å²) < 4.78 is 1.68. The Balaban J connectivity index is 1.98. The summed E-state index contributed by atoms with van der Waals surface area (Å²) in [6, 6.07) is 0. The molecule has 2 aromatic rings. The molecular weight excluding hydrogens is 324 g/mol. The lowest BCUT2D eigenvalue weighted by Gasteiger charge is -2.18. The van der Waals surface area contributed by atoms with Crippen LogP contribution in [0.5, 0.6) is 0 Å². The van der Waals surface area contributed by atoms with Gasteiger partial charge in [-0.1, -0.05) is 6.92 Å². The first-order valence-corrected chi connectivity index (χ1v) is 8.87. The highest BCUT2D eigenvalue weighted by molar-refractivity contribution is 7.17. The quantitative estimate of drug-likeness (QED) is 0.895. The molecule has 2 heterocycles. The molecule has 0 unspecified atom stereocenters. The van der Waals surface area contributed by atoms with E-state index in [1.54, 1.807) is 18.7 Å². The van der Waals surface area contributed by atoms with Crippen LogP contribution in [0.4, 0.5) is 5.00 Å². The average Bonchev–Trinajstić information content (AvgIpc) is 2.95. The van der Waals surface area contributed by atoms with Gasteiger partial charge in [-0.25, -0.2) is 0 Å². The highest BCUT2D eigenvalue weighted by Crippen LogP contribution is 2.39. The number of fused-ring (bicyclic) bond motifs is 1. The minimum atomic E-state index is -0.475. The normalized spacial score (nSPS) is 16.8. The molecule has 2 amide bonds. The molecule has 3 N–H and O–H groups in total. The second-order valence-corrected chi connectivity index (χ2v) is 7.65. The number of nitrogens with zero attached hydrogens (tertiary/aromatic N) is 2. The third-order valence-corrected chi connectivity index (χ3v) is 5.89. The third-order valence-electron chi connectivity index (χ3n) is 4.72. The van der Waals surface area contributed by atoms with Crippen molar-refractivity contribution in [2.24, 2.45) is 18.7 Å². The fourth-order valence-electron chi connectivity index (χ4n) is 3.37. The zero-order chi connectivity index (χ0) is 17.6. The van der Waals surface area contributed by atoms with Gasteiger partial charge in [0.1, 0.15) is 5.00 Å². The molecule has 0 aliphatic heterocycles. The van der Waals surface area contributed by atoms with E-state index >= 15 is 0 Å². The fourth-order valence-corrected chi connectivity index (χ4v) is 4.78. The van der Waals surface area contributed by atoms with Crippen LogP contribution in [0.1, 0.15) is 55.9 Å². The van der Waals surface area contributed by atoms with E-state index in [0.717, 1.165) is 35.4 Å². The first-order valence-electron chi connectivity index (χ1n) is 8.05. The van der Waals surface area contributed by atoms with E-state index < -0.39 is 5.91 Å². The number of rotatable bonds is 3. The summed E-state index contributed by atoms with van der Waals surface area (Å²) in [6.07, 6.45) is 2.81.